The topological polar surface area (TPSA) is 91.7 Å². The number of aliphatic hydroxyl groups excluding tert-OH is 1. The number of rotatable bonds is 7. The predicted molar refractivity (Wildman–Crippen MR) is 74.0 cm³/mol. The van der Waals surface area contributed by atoms with Gasteiger partial charge in [0.25, 0.3) is 0 Å². The second-order valence-electron chi connectivity index (χ2n) is 4.17. The smallest absolute Gasteiger partial charge is 0.338 e. The molecule has 5 nitrogen and oxygen atoms in total. The number of halogens is 2. The summed E-state index contributed by atoms with van der Waals surface area (Å²) in [6.45, 7) is -0.0333. The normalized spacial score (nSPS) is 11.6. The van der Waals surface area contributed by atoms with Crippen LogP contribution in [-0.2, 0) is 9.84 Å². The molecule has 0 unspecified atom stereocenters. The van der Waals surface area contributed by atoms with Crippen molar-refractivity contribution in [3.05, 3.63) is 28.0 Å². The van der Waals surface area contributed by atoms with Crippen LogP contribution < -0.4 is 0 Å². The van der Waals surface area contributed by atoms with Crippen molar-refractivity contribution in [1.82, 2.24) is 0 Å². The lowest BCUT2D eigenvalue weighted by atomic mass is 10.2. The molecule has 0 saturated carbocycles. The number of carboxylic acids is 1. The molecule has 1 rings (SSSR count). The van der Waals surface area contributed by atoms with Crippen LogP contribution in [0.5, 0.6) is 0 Å². The number of aliphatic hydroxyl groups is 1. The number of carbonyl (C=O) groups is 1. The highest BCUT2D eigenvalue weighted by atomic mass is 79.9. The molecule has 8 heteroatoms. The van der Waals surface area contributed by atoms with E-state index < -0.39 is 32.1 Å². The summed E-state index contributed by atoms with van der Waals surface area (Å²) in [7, 11) is -3.90. The largest absolute Gasteiger partial charge is 0.478 e. The summed E-state index contributed by atoms with van der Waals surface area (Å²) in [6.07, 6.45) is 1.24. The van der Waals surface area contributed by atoms with Gasteiger partial charge in [-0.3, -0.25) is 0 Å². The molecule has 0 aliphatic rings. The third kappa shape index (κ3) is 4.26. The zero-order valence-electron chi connectivity index (χ0n) is 10.5. The van der Waals surface area contributed by atoms with Crippen LogP contribution in [-0.4, -0.2) is 37.0 Å². The molecule has 0 atom stereocenters. The summed E-state index contributed by atoms with van der Waals surface area (Å²) >= 11 is 2.97. The summed E-state index contributed by atoms with van der Waals surface area (Å²) in [6, 6.07) is 2.07. The maximum Gasteiger partial charge on any atom is 0.338 e. The number of unbranched alkanes of at least 4 members (excludes halogenated alkanes) is 2. The molecule has 0 aliphatic carbocycles. The average Bonchev–Trinajstić information content (AvgIpc) is 2.36. The van der Waals surface area contributed by atoms with E-state index in [1.165, 1.54) is 0 Å². The molecule has 1 aromatic rings. The van der Waals surface area contributed by atoms with Gasteiger partial charge in [-0.05, 0) is 25.0 Å². The number of sulfone groups is 1. The Hall–Kier alpha value is -0.990. The second kappa shape index (κ2) is 7.14. The standard InChI is InChI=1S/C12H14BrFO5S/c13-8-6-9(12(16)17)11(14)10(7-8)20(18,19)5-3-1-2-4-15/h6-7,15H,1-5H2,(H,16,17). The van der Waals surface area contributed by atoms with Crippen LogP contribution in [0, 0.1) is 5.82 Å². The summed E-state index contributed by atoms with van der Waals surface area (Å²) in [5.41, 5.74) is -0.687. The van der Waals surface area contributed by atoms with Crippen LogP contribution in [0.15, 0.2) is 21.5 Å². The number of aromatic carboxylic acids is 1. The van der Waals surface area contributed by atoms with Crippen LogP contribution in [0.4, 0.5) is 4.39 Å². The van der Waals surface area contributed by atoms with Crippen molar-refractivity contribution in [3.63, 3.8) is 0 Å². The van der Waals surface area contributed by atoms with Crippen molar-refractivity contribution in [2.75, 3.05) is 12.4 Å². The Balaban J connectivity index is 3.09. The van der Waals surface area contributed by atoms with E-state index in [0.29, 0.717) is 12.8 Å². The molecular formula is C12H14BrFO5S. The molecular weight excluding hydrogens is 355 g/mol. The van der Waals surface area contributed by atoms with Gasteiger partial charge in [-0.25, -0.2) is 17.6 Å². The van der Waals surface area contributed by atoms with E-state index in [2.05, 4.69) is 15.9 Å². The van der Waals surface area contributed by atoms with Gasteiger partial charge in [-0.1, -0.05) is 22.4 Å². The Bertz CT molecular complexity index is 600. The van der Waals surface area contributed by atoms with Crippen molar-refractivity contribution in [3.8, 4) is 0 Å². The fourth-order valence-electron chi connectivity index (χ4n) is 1.64. The molecule has 0 bridgehead atoms. The Morgan fingerprint density at radius 1 is 1.25 bits per heavy atom. The highest BCUT2D eigenvalue weighted by Crippen LogP contribution is 2.25. The number of carboxylic acid groups (broad SMARTS) is 1. The predicted octanol–water partition coefficient (Wildman–Crippen LogP) is 2.22. The highest BCUT2D eigenvalue weighted by Gasteiger charge is 2.24. The number of benzene rings is 1. The molecule has 0 saturated heterocycles. The summed E-state index contributed by atoms with van der Waals surface area (Å²) < 4.78 is 38.2. The van der Waals surface area contributed by atoms with Crippen LogP contribution in [0.25, 0.3) is 0 Å². The minimum absolute atomic E-state index is 0.0333. The van der Waals surface area contributed by atoms with Crippen molar-refractivity contribution < 1.29 is 27.8 Å². The van der Waals surface area contributed by atoms with Crippen molar-refractivity contribution >= 4 is 31.7 Å². The summed E-state index contributed by atoms with van der Waals surface area (Å²) in [5, 5.41) is 17.5. The Kier molecular flexibility index (Phi) is 6.09. The fraction of sp³-hybridized carbons (Fsp3) is 0.417. The zero-order valence-corrected chi connectivity index (χ0v) is 12.9. The maximum atomic E-state index is 14.0. The van der Waals surface area contributed by atoms with E-state index >= 15 is 0 Å². The van der Waals surface area contributed by atoms with Gasteiger partial charge < -0.3 is 10.2 Å². The molecule has 0 amide bonds. The zero-order chi connectivity index (χ0) is 15.3. The third-order valence-electron chi connectivity index (χ3n) is 2.64. The SMILES string of the molecule is O=C(O)c1cc(Br)cc(S(=O)(=O)CCCCCO)c1F. The summed E-state index contributed by atoms with van der Waals surface area (Å²) in [5.74, 6) is -3.07. The van der Waals surface area contributed by atoms with Crippen molar-refractivity contribution in [1.29, 1.82) is 0 Å². The number of hydrogen-bond donors (Lipinski definition) is 2. The van der Waals surface area contributed by atoms with E-state index in [9.17, 15) is 17.6 Å². The van der Waals surface area contributed by atoms with Gasteiger partial charge in [-0.2, -0.15) is 0 Å². The van der Waals surface area contributed by atoms with Gasteiger partial charge in [0.05, 0.1) is 11.3 Å². The molecule has 20 heavy (non-hydrogen) atoms. The molecule has 0 spiro atoms. The lowest BCUT2D eigenvalue weighted by Gasteiger charge is -2.08. The minimum atomic E-state index is -3.90. The van der Waals surface area contributed by atoms with Crippen molar-refractivity contribution in [2.24, 2.45) is 0 Å². The monoisotopic (exact) mass is 368 g/mol. The van der Waals surface area contributed by atoms with E-state index in [4.69, 9.17) is 10.2 Å². The van der Waals surface area contributed by atoms with Gasteiger partial charge in [-0.15, -0.1) is 0 Å². The first-order chi connectivity index (χ1) is 9.29. The first-order valence-corrected chi connectivity index (χ1v) is 8.30. The van der Waals surface area contributed by atoms with Crippen molar-refractivity contribution in [2.45, 2.75) is 24.2 Å². The lowest BCUT2D eigenvalue weighted by molar-refractivity contribution is 0.0691. The molecule has 0 radical (unpaired) electrons. The second-order valence-corrected chi connectivity index (χ2v) is 7.17. The first kappa shape index (κ1) is 17.1. The summed E-state index contributed by atoms with van der Waals surface area (Å²) in [4.78, 5) is 10.3. The van der Waals surface area contributed by atoms with E-state index in [1.54, 1.807) is 0 Å². The van der Waals surface area contributed by atoms with Gasteiger partial charge in [0.15, 0.2) is 15.7 Å². The van der Waals surface area contributed by atoms with Gasteiger partial charge in [0.1, 0.15) is 4.90 Å². The first-order valence-electron chi connectivity index (χ1n) is 5.85. The van der Waals surface area contributed by atoms with Crippen LogP contribution in [0.3, 0.4) is 0 Å². The molecule has 0 heterocycles. The van der Waals surface area contributed by atoms with Crippen LogP contribution >= 0.6 is 15.9 Å². The fourth-order valence-corrected chi connectivity index (χ4v) is 3.74. The molecule has 0 aromatic heterocycles. The Morgan fingerprint density at radius 3 is 2.45 bits per heavy atom. The van der Waals surface area contributed by atoms with Gasteiger partial charge in [0.2, 0.25) is 0 Å². The quantitative estimate of drug-likeness (QED) is 0.720. The molecule has 0 aliphatic heterocycles. The van der Waals surface area contributed by atoms with E-state index in [0.717, 1.165) is 12.1 Å². The number of hydrogen-bond acceptors (Lipinski definition) is 4. The van der Waals surface area contributed by atoms with Crippen LogP contribution in [0.2, 0.25) is 0 Å². The van der Waals surface area contributed by atoms with E-state index in [1.807, 2.05) is 0 Å². The minimum Gasteiger partial charge on any atom is -0.478 e. The van der Waals surface area contributed by atoms with Crippen LogP contribution in [0.1, 0.15) is 29.6 Å². The highest BCUT2D eigenvalue weighted by molar-refractivity contribution is 9.10. The van der Waals surface area contributed by atoms with E-state index in [-0.39, 0.29) is 23.3 Å². The maximum absolute atomic E-state index is 14.0. The Labute approximate surface area is 124 Å². The van der Waals surface area contributed by atoms with Gasteiger partial charge in [0, 0.05) is 11.1 Å². The lowest BCUT2D eigenvalue weighted by Crippen LogP contribution is -2.12. The molecule has 112 valence electrons. The molecule has 0 fully saturated rings. The Morgan fingerprint density at radius 2 is 1.90 bits per heavy atom. The molecule has 1 aromatic carbocycles. The average molecular weight is 369 g/mol. The third-order valence-corrected chi connectivity index (χ3v) is 4.89. The van der Waals surface area contributed by atoms with Gasteiger partial charge >= 0.3 is 5.97 Å². The molecule has 2 N–H and O–H groups in total.